The molecule has 5 nitrogen and oxygen atoms in total. The summed E-state index contributed by atoms with van der Waals surface area (Å²) in [7, 11) is 0. The first-order valence-electron chi connectivity index (χ1n) is 7.85. The van der Waals surface area contributed by atoms with Crippen molar-refractivity contribution in [2.75, 3.05) is 59.0 Å². The lowest BCUT2D eigenvalue weighted by Crippen LogP contribution is -2.53. The highest BCUT2D eigenvalue weighted by Gasteiger charge is 2.23. The maximum Gasteiger partial charge on any atom is 0.194 e. The Kier molecular flexibility index (Phi) is 9.94. The number of nitrogens with zero attached hydrogens (tertiary/aromatic N) is 3. The molecule has 2 aliphatic rings. The number of ether oxygens (including phenoxy) is 1. The second-order valence-corrected chi connectivity index (χ2v) is 6.83. The summed E-state index contributed by atoms with van der Waals surface area (Å²) in [4.78, 5) is 9.52. The smallest absolute Gasteiger partial charge is 0.194 e. The maximum absolute atomic E-state index is 5.47. The molecule has 2 heterocycles. The monoisotopic (exact) mass is 486 g/mol. The summed E-state index contributed by atoms with van der Waals surface area (Å²) in [5.74, 6) is 1.73. The molecule has 0 aliphatic carbocycles. The van der Waals surface area contributed by atoms with Crippen LogP contribution in [0.25, 0.3) is 0 Å². The highest BCUT2D eigenvalue weighted by Crippen LogP contribution is 2.15. The Morgan fingerprint density at radius 1 is 1.36 bits per heavy atom. The van der Waals surface area contributed by atoms with Crippen LogP contribution in [-0.4, -0.2) is 74.8 Å². The predicted molar refractivity (Wildman–Crippen MR) is 106 cm³/mol. The number of hydrogen-bond acceptors (Lipinski definition) is 3. The van der Waals surface area contributed by atoms with Crippen molar-refractivity contribution in [3.63, 3.8) is 0 Å². The molecule has 0 spiro atoms. The third kappa shape index (κ3) is 6.72. The minimum atomic E-state index is 0. The number of halogens is 2. The van der Waals surface area contributed by atoms with E-state index in [1.807, 2.05) is 0 Å². The van der Waals surface area contributed by atoms with Gasteiger partial charge in [-0.1, -0.05) is 22.5 Å². The van der Waals surface area contributed by atoms with Gasteiger partial charge < -0.3 is 15.0 Å². The Balaban J connectivity index is 0.00000242. The Morgan fingerprint density at radius 2 is 2.09 bits per heavy atom. The first-order chi connectivity index (χ1) is 10.2. The van der Waals surface area contributed by atoms with Crippen molar-refractivity contribution in [1.29, 1.82) is 0 Å². The zero-order valence-electron chi connectivity index (χ0n) is 13.4. The number of piperazine rings is 1. The van der Waals surface area contributed by atoms with Gasteiger partial charge in [-0.25, -0.2) is 4.99 Å². The molecule has 0 saturated carbocycles. The minimum absolute atomic E-state index is 0. The Bertz CT molecular complexity index is 367. The zero-order chi connectivity index (χ0) is 15.1. The van der Waals surface area contributed by atoms with Gasteiger partial charge in [0.2, 0.25) is 0 Å². The van der Waals surface area contributed by atoms with Gasteiger partial charge in [0, 0.05) is 50.4 Å². The first-order valence-corrected chi connectivity index (χ1v) is 8.65. The van der Waals surface area contributed by atoms with E-state index < -0.39 is 0 Å². The van der Waals surface area contributed by atoms with Crippen molar-refractivity contribution in [3.05, 3.63) is 11.1 Å². The van der Waals surface area contributed by atoms with E-state index in [9.17, 15) is 0 Å². The van der Waals surface area contributed by atoms with Crippen molar-refractivity contribution in [2.24, 2.45) is 10.9 Å². The topological polar surface area (TPSA) is 40.1 Å². The van der Waals surface area contributed by atoms with Crippen LogP contribution < -0.4 is 5.32 Å². The summed E-state index contributed by atoms with van der Waals surface area (Å²) in [6.07, 6.45) is 1.22. The van der Waals surface area contributed by atoms with E-state index in [4.69, 9.17) is 4.74 Å². The van der Waals surface area contributed by atoms with Gasteiger partial charge in [0.15, 0.2) is 5.96 Å². The molecule has 2 saturated heterocycles. The molecule has 22 heavy (non-hydrogen) atoms. The molecule has 1 unspecified atom stereocenters. The van der Waals surface area contributed by atoms with Gasteiger partial charge in [0.25, 0.3) is 0 Å². The van der Waals surface area contributed by atoms with E-state index in [1.165, 1.54) is 13.0 Å². The summed E-state index contributed by atoms with van der Waals surface area (Å²) in [5.41, 5.74) is 0. The summed E-state index contributed by atoms with van der Waals surface area (Å²) in [5, 5.41) is 3.37. The highest BCUT2D eigenvalue weighted by atomic mass is 127. The van der Waals surface area contributed by atoms with E-state index in [1.54, 1.807) is 0 Å². The molecular formula is C15H28BrIN4O. The third-order valence-corrected chi connectivity index (χ3v) is 4.20. The second kappa shape index (κ2) is 10.8. The molecule has 1 N–H and O–H groups in total. The molecule has 0 radical (unpaired) electrons. The maximum atomic E-state index is 5.47. The predicted octanol–water partition coefficient (Wildman–Crippen LogP) is 2.13. The standard InChI is InChI=1S/C15H27BrN4O.HI/c1-3-17-15(18-10-13(2)16)20-7-5-19(6-8-20)11-14-4-9-21-12-14;/h14H,2-12H2,1H3,(H,17,18);1H. The van der Waals surface area contributed by atoms with Crippen molar-refractivity contribution in [1.82, 2.24) is 15.1 Å². The average Bonchev–Trinajstić information content (AvgIpc) is 2.97. The van der Waals surface area contributed by atoms with Crippen molar-refractivity contribution in [3.8, 4) is 0 Å². The van der Waals surface area contributed by atoms with Crippen LogP contribution in [0, 0.1) is 5.92 Å². The second-order valence-electron chi connectivity index (χ2n) is 5.70. The summed E-state index contributed by atoms with van der Waals surface area (Å²) < 4.78 is 6.38. The molecule has 0 aromatic carbocycles. The van der Waals surface area contributed by atoms with Crippen LogP contribution in [0.3, 0.4) is 0 Å². The molecule has 1 atom stereocenters. The fraction of sp³-hybridized carbons (Fsp3) is 0.800. The number of aliphatic imine (C=N–C) groups is 1. The van der Waals surface area contributed by atoms with Gasteiger partial charge in [-0.3, -0.25) is 4.90 Å². The van der Waals surface area contributed by atoms with Crippen LogP contribution in [0.2, 0.25) is 0 Å². The van der Waals surface area contributed by atoms with Crippen LogP contribution in [-0.2, 0) is 4.74 Å². The molecule has 2 rings (SSSR count). The number of rotatable bonds is 5. The van der Waals surface area contributed by atoms with Gasteiger partial charge in [-0.15, -0.1) is 24.0 Å². The molecular weight excluding hydrogens is 459 g/mol. The zero-order valence-corrected chi connectivity index (χ0v) is 17.3. The Hall–Kier alpha value is 0.140. The lowest BCUT2D eigenvalue weighted by Gasteiger charge is -2.37. The Labute approximate surface area is 159 Å². The van der Waals surface area contributed by atoms with Gasteiger partial charge in [0.05, 0.1) is 13.2 Å². The molecule has 0 amide bonds. The molecule has 128 valence electrons. The van der Waals surface area contributed by atoms with E-state index in [0.717, 1.165) is 62.3 Å². The van der Waals surface area contributed by atoms with Crippen LogP contribution in [0.15, 0.2) is 16.1 Å². The van der Waals surface area contributed by atoms with E-state index >= 15 is 0 Å². The molecule has 0 aromatic heterocycles. The first kappa shape index (κ1) is 20.2. The van der Waals surface area contributed by atoms with Crippen LogP contribution in [0.1, 0.15) is 13.3 Å². The quantitative estimate of drug-likeness (QED) is 0.367. The largest absolute Gasteiger partial charge is 0.381 e. The summed E-state index contributed by atoms with van der Waals surface area (Å²) in [6.45, 7) is 14.8. The van der Waals surface area contributed by atoms with Crippen molar-refractivity contribution >= 4 is 45.9 Å². The van der Waals surface area contributed by atoms with Gasteiger partial charge in [-0.05, 0) is 19.3 Å². The normalized spacial score (nSPS) is 23.3. The van der Waals surface area contributed by atoms with E-state index in [0.29, 0.717) is 6.54 Å². The highest BCUT2D eigenvalue weighted by molar-refractivity contribution is 14.0. The fourth-order valence-electron chi connectivity index (χ4n) is 2.82. The van der Waals surface area contributed by atoms with Crippen LogP contribution in [0.4, 0.5) is 0 Å². The summed E-state index contributed by atoms with van der Waals surface area (Å²) in [6, 6.07) is 0. The van der Waals surface area contributed by atoms with Crippen LogP contribution in [0.5, 0.6) is 0 Å². The molecule has 2 fully saturated rings. The van der Waals surface area contributed by atoms with E-state index in [2.05, 4.69) is 49.5 Å². The van der Waals surface area contributed by atoms with E-state index in [-0.39, 0.29) is 24.0 Å². The average molecular weight is 487 g/mol. The molecule has 0 bridgehead atoms. The fourth-order valence-corrected chi connectivity index (χ4v) is 2.95. The van der Waals surface area contributed by atoms with Gasteiger partial charge in [0.1, 0.15) is 0 Å². The lowest BCUT2D eigenvalue weighted by molar-refractivity contribution is 0.139. The third-order valence-electron chi connectivity index (χ3n) is 3.95. The minimum Gasteiger partial charge on any atom is -0.381 e. The number of nitrogens with one attached hydrogen (secondary N) is 1. The van der Waals surface area contributed by atoms with Crippen molar-refractivity contribution < 1.29 is 4.74 Å². The SMILES string of the molecule is C=C(Br)CN=C(NCC)N1CCN(CC2CCOC2)CC1.I. The number of guanidine groups is 1. The summed E-state index contributed by atoms with van der Waals surface area (Å²) >= 11 is 3.37. The lowest BCUT2D eigenvalue weighted by atomic mass is 10.1. The van der Waals surface area contributed by atoms with Gasteiger partial charge >= 0.3 is 0 Å². The Morgan fingerprint density at radius 3 is 2.64 bits per heavy atom. The van der Waals surface area contributed by atoms with Gasteiger partial charge in [-0.2, -0.15) is 0 Å². The van der Waals surface area contributed by atoms with Crippen molar-refractivity contribution in [2.45, 2.75) is 13.3 Å². The molecule has 2 aliphatic heterocycles. The number of hydrogen-bond donors (Lipinski definition) is 1. The molecule has 0 aromatic rings. The van der Waals surface area contributed by atoms with Crippen LogP contribution >= 0.6 is 39.9 Å². The molecule has 7 heteroatoms.